The van der Waals surface area contributed by atoms with Crippen LogP contribution in [0.15, 0.2) is 35.0 Å². The molecule has 0 aliphatic carbocycles. The van der Waals surface area contributed by atoms with Gasteiger partial charge < -0.3 is 5.73 Å². The van der Waals surface area contributed by atoms with Crippen molar-refractivity contribution in [1.82, 2.24) is 0 Å². The zero-order chi connectivity index (χ0) is 12.1. The number of aryl methyl sites for hydroxylation is 1. The number of thiophene rings is 1. The Bertz CT molecular complexity index is 456. The van der Waals surface area contributed by atoms with E-state index in [9.17, 15) is 0 Å². The Hall–Kier alpha value is -1.12. The van der Waals surface area contributed by atoms with E-state index < -0.39 is 0 Å². The van der Waals surface area contributed by atoms with Gasteiger partial charge in [-0.15, -0.1) is 0 Å². The Morgan fingerprint density at radius 1 is 1.12 bits per heavy atom. The maximum atomic E-state index is 5.73. The Labute approximate surface area is 107 Å². The molecule has 0 unspecified atom stereocenters. The highest BCUT2D eigenvalue weighted by Gasteiger charge is 2.04. The molecule has 1 aromatic heterocycles. The molecule has 2 rings (SSSR count). The summed E-state index contributed by atoms with van der Waals surface area (Å²) in [6.45, 7) is 2.85. The molecule has 1 aromatic carbocycles. The van der Waals surface area contributed by atoms with E-state index in [1.165, 1.54) is 41.5 Å². The molecule has 0 bridgehead atoms. The van der Waals surface area contributed by atoms with Gasteiger partial charge in [0.25, 0.3) is 0 Å². The third-order valence-corrected chi connectivity index (χ3v) is 3.84. The molecule has 0 spiro atoms. The maximum Gasteiger partial charge on any atom is 0.0192 e. The largest absolute Gasteiger partial charge is 0.326 e. The van der Waals surface area contributed by atoms with Gasteiger partial charge in [0, 0.05) is 6.54 Å². The van der Waals surface area contributed by atoms with Crippen LogP contribution in [0.5, 0.6) is 0 Å². The monoisotopic (exact) mass is 245 g/mol. The van der Waals surface area contributed by atoms with Crippen LogP contribution in [-0.2, 0) is 13.0 Å². The first kappa shape index (κ1) is 12.3. The molecule has 90 valence electrons. The van der Waals surface area contributed by atoms with Crippen LogP contribution in [0, 0.1) is 0 Å². The van der Waals surface area contributed by atoms with Crippen molar-refractivity contribution < 1.29 is 0 Å². The van der Waals surface area contributed by atoms with Gasteiger partial charge in [-0.25, -0.2) is 0 Å². The highest BCUT2D eigenvalue weighted by Crippen LogP contribution is 2.27. The molecule has 2 N–H and O–H groups in total. The summed E-state index contributed by atoms with van der Waals surface area (Å²) in [7, 11) is 0. The van der Waals surface area contributed by atoms with Gasteiger partial charge in [0.05, 0.1) is 0 Å². The molecule has 1 nitrogen and oxygen atoms in total. The van der Waals surface area contributed by atoms with Crippen LogP contribution < -0.4 is 5.73 Å². The van der Waals surface area contributed by atoms with Crippen LogP contribution in [0.4, 0.5) is 0 Å². The lowest BCUT2D eigenvalue weighted by Gasteiger charge is -2.04. The van der Waals surface area contributed by atoms with Crippen molar-refractivity contribution in [3.8, 4) is 11.1 Å². The zero-order valence-corrected chi connectivity index (χ0v) is 11.1. The molecule has 1 heterocycles. The molecular formula is C15H19NS. The van der Waals surface area contributed by atoms with Crippen LogP contribution >= 0.6 is 11.3 Å². The van der Waals surface area contributed by atoms with Gasteiger partial charge in [0.2, 0.25) is 0 Å². The smallest absolute Gasteiger partial charge is 0.0192 e. The van der Waals surface area contributed by atoms with E-state index in [4.69, 9.17) is 5.73 Å². The van der Waals surface area contributed by atoms with Crippen LogP contribution in [0.3, 0.4) is 0 Å². The summed E-state index contributed by atoms with van der Waals surface area (Å²) in [5.74, 6) is 0. The average Bonchev–Trinajstić information content (AvgIpc) is 2.85. The second kappa shape index (κ2) is 5.99. The first-order valence-corrected chi connectivity index (χ1v) is 7.14. The van der Waals surface area contributed by atoms with E-state index in [2.05, 4.69) is 41.9 Å². The maximum absolute atomic E-state index is 5.73. The fourth-order valence-electron chi connectivity index (χ4n) is 1.97. The van der Waals surface area contributed by atoms with Crippen LogP contribution in [-0.4, -0.2) is 0 Å². The summed E-state index contributed by atoms with van der Waals surface area (Å²) < 4.78 is 0. The summed E-state index contributed by atoms with van der Waals surface area (Å²) in [5.41, 5.74) is 11.0. The second-order valence-corrected chi connectivity index (χ2v) is 5.06. The number of hydrogen-bond donors (Lipinski definition) is 1. The fourth-order valence-corrected chi connectivity index (χ4v) is 2.85. The Morgan fingerprint density at radius 3 is 2.53 bits per heavy atom. The Kier molecular flexibility index (Phi) is 4.35. The molecule has 2 aromatic rings. The standard InChI is InChI=1S/C15H19NS/c1-2-3-4-12-5-7-13(8-6-12)15-11-17-10-14(15)9-16/h5-8,10-11H,2-4,9,16H2,1H3. The van der Waals surface area contributed by atoms with E-state index in [0.717, 1.165) is 0 Å². The van der Waals surface area contributed by atoms with E-state index in [1.54, 1.807) is 11.3 Å². The van der Waals surface area contributed by atoms with Gasteiger partial charge in [-0.3, -0.25) is 0 Å². The van der Waals surface area contributed by atoms with E-state index in [0.29, 0.717) is 6.54 Å². The van der Waals surface area contributed by atoms with Crippen molar-refractivity contribution in [3.63, 3.8) is 0 Å². The van der Waals surface area contributed by atoms with Gasteiger partial charge in [-0.1, -0.05) is 37.6 Å². The predicted molar refractivity (Wildman–Crippen MR) is 76.3 cm³/mol. The van der Waals surface area contributed by atoms with E-state index in [-0.39, 0.29) is 0 Å². The molecule has 0 saturated heterocycles. The molecule has 17 heavy (non-hydrogen) atoms. The molecule has 0 amide bonds. The summed E-state index contributed by atoms with van der Waals surface area (Å²) in [6.07, 6.45) is 3.71. The van der Waals surface area contributed by atoms with Crippen LogP contribution in [0.2, 0.25) is 0 Å². The van der Waals surface area contributed by atoms with Crippen molar-refractivity contribution in [2.24, 2.45) is 5.73 Å². The summed E-state index contributed by atoms with van der Waals surface area (Å²) in [4.78, 5) is 0. The van der Waals surface area contributed by atoms with E-state index in [1.807, 2.05) is 0 Å². The number of rotatable bonds is 5. The third-order valence-electron chi connectivity index (χ3n) is 3.05. The summed E-state index contributed by atoms with van der Waals surface area (Å²) >= 11 is 1.72. The predicted octanol–water partition coefficient (Wildman–Crippen LogP) is 4.22. The minimum atomic E-state index is 0.621. The van der Waals surface area contributed by atoms with E-state index >= 15 is 0 Å². The zero-order valence-electron chi connectivity index (χ0n) is 10.3. The van der Waals surface area contributed by atoms with Crippen molar-refractivity contribution in [2.45, 2.75) is 32.7 Å². The highest BCUT2D eigenvalue weighted by atomic mass is 32.1. The van der Waals surface area contributed by atoms with Crippen molar-refractivity contribution >= 4 is 11.3 Å². The number of benzene rings is 1. The number of nitrogens with two attached hydrogens (primary N) is 1. The van der Waals surface area contributed by atoms with Gasteiger partial charge in [-0.05, 0) is 45.9 Å². The van der Waals surface area contributed by atoms with Gasteiger partial charge in [0.1, 0.15) is 0 Å². The summed E-state index contributed by atoms with van der Waals surface area (Å²) in [5, 5.41) is 4.32. The minimum absolute atomic E-state index is 0.621. The van der Waals surface area contributed by atoms with Crippen molar-refractivity contribution in [1.29, 1.82) is 0 Å². The quantitative estimate of drug-likeness (QED) is 0.838. The molecule has 0 fully saturated rings. The third kappa shape index (κ3) is 2.96. The molecule has 0 radical (unpaired) electrons. The average molecular weight is 245 g/mol. The Morgan fingerprint density at radius 2 is 1.88 bits per heavy atom. The molecule has 0 aliphatic heterocycles. The lowest BCUT2D eigenvalue weighted by atomic mass is 10.0. The highest BCUT2D eigenvalue weighted by molar-refractivity contribution is 7.08. The van der Waals surface area contributed by atoms with Gasteiger partial charge in [-0.2, -0.15) is 11.3 Å². The van der Waals surface area contributed by atoms with Crippen molar-refractivity contribution in [2.75, 3.05) is 0 Å². The van der Waals surface area contributed by atoms with Gasteiger partial charge in [0.15, 0.2) is 0 Å². The molecular weight excluding hydrogens is 226 g/mol. The summed E-state index contributed by atoms with van der Waals surface area (Å²) in [6, 6.07) is 8.91. The lowest BCUT2D eigenvalue weighted by molar-refractivity contribution is 0.795. The normalized spacial score (nSPS) is 10.7. The number of hydrogen-bond acceptors (Lipinski definition) is 2. The minimum Gasteiger partial charge on any atom is -0.326 e. The fraction of sp³-hybridized carbons (Fsp3) is 0.333. The lowest BCUT2D eigenvalue weighted by Crippen LogP contribution is -1.95. The topological polar surface area (TPSA) is 26.0 Å². The molecule has 0 atom stereocenters. The van der Waals surface area contributed by atoms with Crippen LogP contribution in [0.25, 0.3) is 11.1 Å². The van der Waals surface area contributed by atoms with Crippen LogP contribution in [0.1, 0.15) is 30.9 Å². The first-order chi connectivity index (χ1) is 8.35. The second-order valence-electron chi connectivity index (χ2n) is 4.32. The van der Waals surface area contributed by atoms with Crippen molar-refractivity contribution in [3.05, 3.63) is 46.2 Å². The number of unbranched alkanes of at least 4 members (excludes halogenated alkanes) is 1. The first-order valence-electron chi connectivity index (χ1n) is 6.19. The molecule has 2 heteroatoms. The molecule has 0 saturated carbocycles. The molecule has 0 aliphatic rings. The van der Waals surface area contributed by atoms with Gasteiger partial charge >= 0.3 is 0 Å². The Balaban J connectivity index is 2.17. The SMILES string of the molecule is CCCCc1ccc(-c2cscc2CN)cc1.